The molecule has 0 radical (unpaired) electrons. The summed E-state index contributed by atoms with van der Waals surface area (Å²) >= 11 is 0. The second-order valence-electron chi connectivity index (χ2n) is 7.38. The van der Waals surface area contributed by atoms with Crippen LogP contribution >= 0.6 is 24.0 Å². The minimum absolute atomic E-state index is 0. The van der Waals surface area contributed by atoms with Gasteiger partial charge in [-0.2, -0.15) is 0 Å². The summed E-state index contributed by atoms with van der Waals surface area (Å²) in [7, 11) is 3.27. The molecule has 0 spiro atoms. The number of rotatable bonds is 4. The van der Waals surface area contributed by atoms with Gasteiger partial charge >= 0.3 is 5.97 Å². The van der Waals surface area contributed by atoms with Gasteiger partial charge in [0.05, 0.1) is 13.0 Å². The number of hydrogen-bond acceptors (Lipinski definition) is 4. The fourth-order valence-electron chi connectivity index (χ4n) is 4.04. The quantitative estimate of drug-likeness (QED) is 0.307. The Morgan fingerprint density at radius 3 is 2.67 bits per heavy atom. The largest absolute Gasteiger partial charge is 0.469 e. The smallest absolute Gasteiger partial charge is 0.310 e. The number of methoxy groups -OCH3 is 1. The molecule has 2 fully saturated rings. The summed E-state index contributed by atoms with van der Waals surface area (Å²) in [6.07, 6.45) is 1.18. The van der Waals surface area contributed by atoms with Gasteiger partial charge in [-0.15, -0.1) is 24.0 Å². The van der Waals surface area contributed by atoms with Crippen LogP contribution in [0.3, 0.4) is 0 Å². The van der Waals surface area contributed by atoms with Crippen molar-refractivity contribution < 1.29 is 9.53 Å². The van der Waals surface area contributed by atoms with Crippen molar-refractivity contribution >= 4 is 41.6 Å². The van der Waals surface area contributed by atoms with E-state index in [0.29, 0.717) is 12.5 Å². The number of aliphatic imine (C=N–C) groups is 1. The van der Waals surface area contributed by atoms with E-state index in [1.165, 1.54) is 19.2 Å². The number of nitrogens with zero attached hydrogens (tertiary/aromatic N) is 3. The molecule has 150 valence electrons. The Hall–Kier alpha value is -1.51. The van der Waals surface area contributed by atoms with Crippen LogP contribution in [0.15, 0.2) is 35.3 Å². The molecule has 6 nitrogen and oxygen atoms in total. The number of guanidine groups is 1. The second kappa shape index (κ2) is 10.1. The van der Waals surface area contributed by atoms with Crippen molar-refractivity contribution in [3.05, 3.63) is 30.3 Å². The lowest BCUT2D eigenvalue weighted by atomic mass is 9.99. The second-order valence-corrected chi connectivity index (χ2v) is 7.38. The first-order chi connectivity index (χ1) is 12.6. The number of halogens is 1. The molecule has 7 heteroatoms. The van der Waals surface area contributed by atoms with Gasteiger partial charge in [0, 0.05) is 45.5 Å². The highest BCUT2D eigenvalue weighted by Crippen LogP contribution is 2.25. The Balaban J connectivity index is 0.00000261. The Kier molecular flexibility index (Phi) is 8.19. The molecule has 2 aliphatic heterocycles. The Morgan fingerprint density at radius 2 is 2.00 bits per heavy atom. The van der Waals surface area contributed by atoms with Gasteiger partial charge < -0.3 is 19.9 Å². The molecule has 0 saturated carbocycles. The first-order valence-electron chi connectivity index (χ1n) is 9.45. The predicted octanol–water partition coefficient (Wildman–Crippen LogP) is 2.45. The van der Waals surface area contributed by atoms with Crippen molar-refractivity contribution in [1.82, 2.24) is 10.2 Å². The van der Waals surface area contributed by atoms with Gasteiger partial charge in [0.2, 0.25) is 0 Å². The van der Waals surface area contributed by atoms with Crippen LogP contribution in [0, 0.1) is 17.8 Å². The molecule has 2 saturated heterocycles. The molecule has 3 rings (SSSR count). The zero-order valence-corrected chi connectivity index (χ0v) is 18.8. The summed E-state index contributed by atoms with van der Waals surface area (Å²) in [4.78, 5) is 21.0. The third-order valence-corrected chi connectivity index (χ3v) is 5.58. The van der Waals surface area contributed by atoms with Crippen molar-refractivity contribution in [3.8, 4) is 0 Å². The molecule has 0 amide bonds. The number of para-hydroxylation sites is 1. The maximum atomic E-state index is 11.9. The van der Waals surface area contributed by atoms with Crippen molar-refractivity contribution in [1.29, 1.82) is 0 Å². The first-order valence-corrected chi connectivity index (χ1v) is 9.45. The lowest BCUT2D eigenvalue weighted by molar-refractivity contribution is -0.145. The van der Waals surface area contributed by atoms with Crippen molar-refractivity contribution in [2.45, 2.75) is 13.3 Å². The Bertz CT molecular complexity index is 640. The highest BCUT2D eigenvalue weighted by Gasteiger charge is 2.37. The monoisotopic (exact) mass is 486 g/mol. The molecular formula is C20H31IN4O2. The third kappa shape index (κ3) is 5.27. The maximum absolute atomic E-state index is 11.9. The summed E-state index contributed by atoms with van der Waals surface area (Å²) in [5.41, 5.74) is 1.30. The lowest BCUT2D eigenvalue weighted by Gasteiger charge is -2.23. The summed E-state index contributed by atoms with van der Waals surface area (Å²) in [6, 6.07) is 10.6. The van der Waals surface area contributed by atoms with Crippen LogP contribution in [0.25, 0.3) is 0 Å². The first kappa shape index (κ1) is 21.8. The average Bonchev–Trinajstić information content (AvgIpc) is 3.29. The van der Waals surface area contributed by atoms with Gasteiger partial charge in [-0.25, -0.2) is 0 Å². The predicted molar refractivity (Wildman–Crippen MR) is 120 cm³/mol. The summed E-state index contributed by atoms with van der Waals surface area (Å²) < 4.78 is 4.93. The van der Waals surface area contributed by atoms with Crippen molar-refractivity contribution in [2.24, 2.45) is 22.7 Å². The van der Waals surface area contributed by atoms with Gasteiger partial charge in [-0.1, -0.05) is 25.1 Å². The number of likely N-dealkylation sites (tertiary alicyclic amines) is 1. The Morgan fingerprint density at radius 1 is 1.26 bits per heavy atom. The molecule has 0 aromatic heterocycles. The van der Waals surface area contributed by atoms with E-state index in [4.69, 9.17) is 4.74 Å². The van der Waals surface area contributed by atoms with E-state index in [-0.39, 0.29) is 41.8 Å². The van der Waals surface area contributed by atoms with Crippen LogP contribution in [0.4, 0.5) is 5.69 Å². The van der Waals surface area contributed by atoms with Gasteiger partial charge in [0.25, 0.3) is 0 Å². The number of carbonyl (C=O) groups is 1. The van der Waals surface area contributed by atoms with Crippen LogP contribution in [-0.4, -0.2) is 63.7 Å². The SMILES string of the molecule is CN=C(NCC1CCN(c2ccccc2)C1)N1CC(C)C(C(=O)OC)C1.I. The van der Waals surface area contributed by atoms with E-state index in [1.54, 1.807) is 0 Å². The summed E-state index contributed by atoms with van der Waals surface area (Å²) in [5.74, 6) is 1.58. The lowest BCUT2D eigenvalue weighted by Crippen LogP contribution is -2.42. The minimum Gasteiger partial charge on any atom is -0.469 e. The van der Waals surface area contributed by atoms with Crippen LogP contribution in [-0.2, 0) is 9.53 Å². The minimum atomic E-state index is -0.121. The number of hydrogen-bond donors (Lipinski definition) is 1. The Labute approximate surface area is 179 Å². The van der Waals surface area contributed by atoms with Crippen LogP contribution in [0.2, 0.25) is 0 Å². The van der Waals surface area contributed by atoms with Gasteiger partial charge in [0.15, 0.2) is 5.96 Å². The zero-order chi connectivity index (χ0) is 18.5. The van der Waals surface area contributed by atoms with Gasteiger partial charge in [-0.3, -0.25) is 9.79 Å². The molecule has 3 atom stereocenters. The standard InChI is InChI=1S/C20H30N4O2.HI/c1-15-12-24(14-18(15)19(25)26-3)20(21-2)22-11-16-9-10-23(13-16)17-7-5-4-6-8-17;/h4-8,15-16,18H,9-14H2,1-3H3,(H,21,22);1H. The highest BCUT2D eigenvalue weighted by atomic mass is 127. The van der Waals surface area contributed by atoms with E-state index < -0.39 is 0 Å². The molecular weight excluding hydrogens is 455 g/mol. The molecule has 27 heavy (non-hydrogen) atoms. The van der Waals surface area contributed by atoms with E-state index in [1.807, 2.05) is 7.05 Å². The normalized spacial score (nSPS) is 25.3. The average molecular weight is 486 g/mol. The number of benzene rings is 1. The molecule has 2 heterocycles. The maximum Gasteiger partial charge on any atom is 0.310 e. The van der Waals surface area contributed by atoms with E-state index in [0.717, 1.165) is 32.1 Å². The topological polar surface area (TPSA) is 57.2 Å². The van der Waals surface area contributed by atoms with Gasteiger partial charge in [-0.05, 0) is 30.4 Å². The van der Waals surface area contributed by atoms with Crippen LogP contribution in [0.1, 0.15) is 13.3 Å². The van der Waals surface area contributed by atoms with E-state index in [2.05, 4.69) is 57.4 Å². The zero-order valence-electron chi connectivity index (χ0n) is 16.4. The van der Waals surface area contributed by atoms with Crippen LogP contribution in [0.5, 0.6) is 0 Å². The third-order valence-electron chi connectivity index (χ3n) is 5.58. The number of nitrogens with one attached hydrogen (secondary N) is 1. The number of ether oxygens (including phenoxy) is 1. The number of anilines is 1. The molecule has 1 N–H and O–H groups in total. The van der Waals surface area contributed by atoms with E-state index in [9.17, 15) is 4.79 Å². The molecule has 1 aromatic carbocycles. The fourth-order valence-corrected chi connectivity index (χ4v) is 4.04. The van der Waals surface area contributed by atoms with Crippen LogP contribution < -0.4 is 10.2 Å². The molecule has 1 aromatic rings. The van der Waals surface area contributed by atoms with Gasteiger partial charge in [0.1, 0.15) is 0 Å². The molecule has 0 bridgehead atoms. The summed E-state index contributed by atoms with van der Waals surface area (Å²) in [6.45, 7) is 6.68. The van der Waals surface area contributed by atoms with E-state index >= 15 is 0 Å². The summed E-state index contributed by atoms with van der Waals surface area (Å²) in [5, 5.41) is 3.52. The molecule has 2 aliphatic rings. The number of carbonyl (C=O) groups excluding carboxylic acids is 1. The van der Waals surface area contributed by atoms with Crippen molar-refractivity contribution in [3.63, 3.8) is 0 Å². The number of esters is 1. The fraction of sp³-hybridized carbons (Fsp3) is 0.600. The highest BCUT2D eigenvalue weighted by molar-refractivity contribution is 14.0. The molecule has 3 unspecified atom stereocenters. The van der Waals surface area contributed by atoms with Crippen molar-refractivity contribution in [2.75, 3.05) is 51.8 Å². The molecule has 0 aliphatic carbocycles.